The van der Waals surface area contributed by atoms with Crippen molar-refractivity contribution in [1.29, 1.82) is 0 Å². The Balaban J connectivity index is 2.00. The Hall–Kier alpha value is -0.860. The van der Waals surface area contributed by atoms with Gasteiger partial charge in [-0.1, -0.05) is 82.2 Å². The second kappa shape index (κ2) is 12.8. The lowest BCUT2D eigenvalue weighted by molar-refractivity contribution is 0.241. The minimum absolute atomic E-state index is 0.192. The fourth-order valence-electron chi connectivity index (χ4n) is 2.66. The maximum atomic E-state index is 9.45. The van der Waals surface area contributed by atoms with Crippen LogP contribution < -0.4 is 5.32 Å². The van der Waals surface area contributed by atoms with Crippen LogP contribution in [0.3, 0.4) is 0 Å². The first kappa shape index (κ1) is 18.2. The first-order valence-corrected chi connectivity index (χ1v) is 8.75. The Morgan fingerprint density at radius 3 is 2.14 bits per heavy atom. The molecule has 120 valence electrons. The molecule has 0 saturated carbocycles. The molecule has 0 aromatic heterocycles. The zero-order chi connectivity index (χ0) is 15.2. The Morgan fingerprint density at radius 1 is 0.905 bits per heavy atom. The van der Waals surface area contributed by atoms with Crippen LogP contribution in [0.1, 0.15) is 63.9 Å². The molecule has 1 atom stereocenters. The topological polar surface area (TPSA) is 32.3 Å². The summed E-state index contributed by atoms with van der Waals surface area (Å²) in [5, 5.41) is 12.9. The van der Waals surface area contributed by atoms with Crippen LogP contribution in [-0.4, -0.2) is 24.3 Å². The number of aliphatic hydroxyl groups excluding tert-OH is 1. The molecule has 0 amide bonds. The quantitative estimate of drug-likeness (QED) is 0.530. The van der Waals surface area contributed by atoms with Crippen molar-refractivity contribution in [2.45, 2.75) is 70.8 Å². The van der Waals surface area contributed by atoms with Gasteiger partial charge in [-0.15, -0.1) is 0 Å². The average molecular weight is 291 g/mol. The van der Waals surface area contributed by atoms with Gasteiger partial charge in [-0.2, -0.15) is 0 Å². The van der Waals surface area contributed by atoms with E-state index in [1.807, 2.05) is 6.07 Å². The first-order valence-electron chi connectivity index (χ1n) is 8.75. The van der Waals surface area contributed by atoms with Gasteiger partial charge >= 0.3 is 0 Å². The van der Waals surface area contributed by atoms with Crippen LogP contribution in [0.25, 0.3) is 0 Å². The molecule has 2 N–H and O–H groups in total. The second-order valence-corrected chi connectivity index (χ2v) is 6.00. The van der Waals surface area contributed by atoms with Gasteiger partial charge in [-0.25, -0.2) is 0 Å². The number of benzene rings is 1. The number of aliphatic hydroxyl groups is 1. The molecule has 21 heavy (non-hydrogen) atoms. The summed E-state index contributed by atoms with van der Waals surface area (Å²) in [6.07, 6.45) is 11.7. The molecule has 1 aromatic rings. The molecule has 2 heteroatoms. The summed E-state index contributed by atoms with van der Waals surface area (Å²) >= 11 is 0. The molecule has 2 nitrogen and oxygen atoms in total. The van der Waals surface area contributed by atoms with Crippen molar-refractivity contribution < 1.29 is 5.11 Å². The maximum Gasteiger partial charge on any atom is 0.0587 e. The van der Waals surface area contributed by atoms with Gasteiger partial charge in [0, 0.05) is 6.04 Å². The summed E-state index contributed by atoms with van der Waals surface area (Å²) in [4.78, 5) is 0. The molecule has 0 fully saturated rings. The molecule has 1 aromatic carbocycles. The van der Waals surface area contributed by atoms with Gasteiger partial charge in [0.2, 0.25) is 0 Å². The number of unbranched alkanes of at least 4 members (excludes halogenated alkanes) is 7. The lowest BCUT2D eigenvalue weighted by atomic mass is 10.1. The van der Waals surface area contributed by atoms with Gasteiger partial charge < -0.3 is 10.4 Å². The monoisotopic (exact) mass is 291 g/mol. The molecular formula is C19H33NO. The van der Waals surface area contributed by atoms with Gasteiger partial charge in [-0.3, -0.25) is 0 Å². The molecule has 0 bridgehead atoms. The van der Waals surface area contributed by atoms with E-state index in [4.69, 9.17) is 0 Å². The summed E-state index contributed by atoms with van der Waals surface area (Å²) in [6.45, 7) is 3.50. The largest absolute Gasteiger partial charge is 0.395 e. The fourth-order valence-corrected chi connectivity index (χ4v) is 2.66. The molecule has 0 aliphatic heterocycles. The SMILES string of the molecule is CCCCCCCCCCN[C@H](CO)Cc1ccccc1. The Labute approximate surface area is 131 Å². The average Bonchev–Trinajstić information content (AvgIpc) is 2.53. The second-order valence-electron chi connectivity index (χ2n) is 6.00. The highest BCUT2D eigenvalue weighted by molar-refractivity contribution is 5.15. The summed E-state index contributed by atoms with van der Waals surface area (Å²) in [5.74, 6) is 0. The lowest BCUT2D eigenvalue weighted by Crippen LogP contribution is -2.35. The van der Waals surface area contributed by atoms with Crippen molar-refractivity contribution in [2.24, 2.45) is 0 Å². The highest BCUT2D eigenvalue weighted by Gasteiger charge is 2.06. The van der Waals surface area contributed by atoms with Crippen molar-refractivity contribution in [3.05, 3.63) is 35.9 Å². The van der Waals surface area contributed by atoms with Crippen molar-refractivity contribution in [3.63, 3.8) is 0 Å². The van der Waals surface area contributed by atoms with Crippen LogP contribution in [0.5, 0.6) is 0 Å². The summed E-state index contributed by atoms with van der Waals surface area (Å²) in [5.41, 5.74) is 1.29. The van der Waals surface area contributed by atoms with Gasteiger partial charge in [0.1, 0.15) is 0 Å². The van der Waals surface area contributed by atoms with Crippen molar-refractivity contribution in [1.82, 2.24) is 5.32 Å². The van der Waals surface area contributed by atoms with Crippen molar-refractivity contribution in [2.75, 3.05) is 13.2 Å². The Morgan fingerprint density at radius 2 is 1.52 bits per heavy atom. The summed E-state index contributed by atoms with van der Waals surface area (Å²) in [7, 11) is 0. The highest BCUT2D eigenvalue weighted by Crippen LogP contribution is 2.08. The third-order valence-electron chi connectivity index (χ3n) is 4.01. The lowest BCUT2D eigenvalue weighted by Gasteiger charge is -2.16. The van der Waals surface area contributed by atoms with E-state index in [1.165, 1.54) is 56.9 Å². The summed E-state index contributed by atoms with van der Waals surface area (Å²) < 4.78 is 0. The Bertz CT molecular complexity index is 326. The minimum atomic E-state index is 0.192. The van der Waals surface area contributed by atoms with Crippen LogP contribution in [0.2, 0.25) is 0 Å². The van der Waals surface area contributed by atoms with E-state index >= 15 is 0 Å². The molecular weight excluding hydrogens is 258 g/mol. The smallest absolute Gasteiger partial charge is 0.0587 e. The van der Waals surface area contributed by atoms with E-state index < -0.39 is 0 Å². The normalized spacial score (nSPS) is 12.5. The molecule has 0 saturated heterocycles. The highest BCUT2D eigenvalue weighted by atomic mass is 16.3. The van der Waals surface area contributed by atoms with E-state index in [9.17, 15) is 5.11 Å². The van der Waals surface area contributed by atoms with Gasteiger partial charge in [0.25, 0.3) is 0 Å². The zero-order valence-corrected chi connectivity index (χ0v) is 13.7. The predicted molar refractivity (Wildman–Crippen MR) is 91.6 cm³/mol. The Kier molecular flexibility index (Phi) is 11.1. The number of nitrogens with one attached hydrogen (secondary N) is 1. The maximum absolute atomic E-state index is 9.45. The first-order chi connectivity index (χ1) is 10.4. The van der Waals surface area contributed by atoms with Gasteiger partial charge in [0.05, 0.1) is 6.61 Å². The third-order valence-corrected chi connectivity index (χ3v) is 4.01. The zero-order valence-electron chi connectivity index (χ0n) is 13.7. The van der Waals surface area contributed by atoms with Gasteiger partial charge in [-0.05, 0) is 24.9 Å². The molecule has 0 radical (unpaired) electrons. The standard InChI is InChI=1S/C19H33NO/c1-2-3-4-5-6-7-8-12-15-20-19(17-21)16-18-13-10-9-11-14-18/h9-11,13-14,19-21H,2-8,12,15-17H2,1H3/t19-/m0/s1. The van der Waals surface area contributed by atoms with Crippen LogP contribution in [0.4, 0.5) is 0 Å². The molecule has 0 aliphatic rings. The van der Waals surface area contributed by atoms with E-state index in [0.29, 0.717) is 0 Å². The van der Waals surface area contributed by atoms with Crippen LogP contribution >= 0.6 is 0 Å². The molecule has 0 aliphatic carbocycles. The van der Waals surface area contributed by atoms with E-state index in [0.717, 1.165) is 13.0 Å². The van der Waals surface area contributed by atoms with Crippen molar-refractivity contribution >= 4 is 0 Å². The predicted octanol–water partition coefficient (Wildman–Crippen LogP) is 4.32. The van der Waals surface area contributed by atoms with Crippen LogP contribution in [0.15, 0.2) is 30.3 Å². The molecule has 0 unspecified atom stereocenters. The van der Waals surface area contributed by atoms with Crippen LogP contribution in [0, 0.1) is 0 Å². The number of rotatable bonds is 13. The minimum Gasteiger partial charge on any atom is -0.395 e. The van der Waals surface area contributed by atoms with Crippen molar-refractivity contribution in [3.8, 4) is 0 Å². The van der Waals surface area contributed by atoms with E-state index in [2.05, 4.69) is 36.5 Å². The third kappa shape index (κ3) is 9.65. The van der Waals surface area contributed by atoms with E-state index in [1.54, 1.807) is 0 Å². The van der Waals surface area contributed by atoms with E-state index in [-0.39, 0.29) is 12.6 Å². The number of hydrogen-bond acceptors (Lipinski definition) is 2. The fraction of sp³-hybridized carbons (Fsp3) is 0.684. The molecule has 1 rings (SSSR count). The molecule has 0 heterocycles. The molecule has 0 spiro atoms. The number of hydrogen-bond donors (Lipinski definition) is 2. The summed E-state index contributed by atoms with van der Waals surface area (Å²) in [6, 6.07) is 10.6. The van der Waals surface area contributed by atoms with Gasteiger partial charge in [0.15, 0.2) is 0 Å². The van der Waals surface area contributed by atoms with Crippen LogP contribution in [-0.2, 0) is 6.42 Å².